The predicted molar refractivity (Wildman–Crippen MR) is 97.9 cm³/mol. The first-order valence-electron chi connectivity index (χ1n) is 9.06. The molecule has 2 heterocycles. The molecule has 0 saturated carbocycles. The van der Waals surface area contributed by atoms with Crippen LogP contribution in [0.15, 0.2) is 33.9 Å². The maximum absolute atomic E-state index is 13.0. The van der Waals surface area contributed by atoms with Crippen LogP contribution in [0.1, 0.15) is 45.6 Å². The summed E-state index contributed by atoms with van der Waals surface area (Å²) in [5.74, 6) is -0.0543. The Bertz CT molecular complexity index is 891. The van der Waals surface area contributed by atoms with Crippen molar-refractivity contribution in [3.05, 3.63) is 45.1 Å². The van der Waals surface area contributed by atoms with E-state index in [0.717, 1.165) is 32.4 Å². The summed E-state index contributed by atoms with van der Waals surface area (Å²) in [6, 6.07) is 6.82. The summed E-state index contributed by atoms with van der Waals surface area (Å²) < 4.78 is 2.74. The molecule has 0 radical (unpaired) electrons. The average Bonchev–Trinajstić information content (AvgIpc) is 2.65. The third-order valence-electron chi connectivity index (χ3n) is 5.11. The molecule has 1 aliphatic rings. The van der Waals surface area contributed by atoms with Gasteiger partial charge in [-0.3, -0.25) is 18.7 Å². The highest BCUT2D eigenvalue weighted by molar-refractivity contribution is 5.81. The zero-order chi connectivity index (χ0) is 18.0. The van der Waals surface area contributed by atoms with Crippen molar-refractivity contribution in [3.63, 3.8) is 0 Å². The summed E-state index contributed by atoms with van der Waals surface area (Å²) in [5, 5.41) is 0.480. The summed E-state index contributed by atoms with van der Waals surface area (Å²) in [4.78, 5) is 40.2. The fourth-order valence-electron chi connectivity index (χ4n) is 3.44. The Morgan fingerprint density at radius 1 is 1.12 bits per heavy atom. The van der Waals surface area contributed by atoms with Gasteiger partial charge in [0, 0.05) is 19.1 Å². The Morgan fingerprint density at radius 2 is 1.80 bits per heavy atom. The van der Waals surface area contributed by atoms with Gasteiger partial charge in [0.05, 0.1) is 10.9 Å². The number of para-hydroxylation sites is 1. The van der Waals surface area contributed by atoms with Crippen molar-refractivity contribution < 1.29 is 4.79 Å². The van der Waals surface area contributed by atoms with E-state index in [1.165, 1.54) is 9.13 Å². The molecule has 0 bridgehead atoms. The lowest BCUT2D eigenvalue weighted by atomic mass is 10.1. The summed E-state index contributed by atoms with van der Waals surface area (Å²) in [6.07, 6.45) is 3.83. The van der Waals surface area contributed by atoms with Crippen molar-refractivity contribution in [2.24, 2.45) is 0 Å². The van der Waals surface area contributed by atoms with Gasteiger partial charge < -0.3 is 4.90 Å². The normalized spacial score (nSPS) is 16.2. The van der Waals surface area contributed by atoms with Crippen LogP contribution in [-0.4, -0.2) is 33.0 Å². The van der Waals surface area contributed by atoms with E-state index in [4.69, 9.17) is 0 Å². The summed E-state index contributed by atoms with van der Waals surface area (Å²) in [5.41, 5.74) is -0.151. The first-order valence-corrected chi connectivity index (χ1v) is 9.06. The highest BCUT2D eigenvalue weighted by atomic mass is 16.2. The fraction of sp³-hybridized carbons (Fsp3) is 0.526. The molecule has 1 fully saturated rings. The van der Waals surface area contributed by atoms with Crippen LogP contribution < -0.4 is 11.2 Å². The van der Waals surface area contributed by atoms with Gasteiger partial charge in [0.1, 0.15) is 6.54 Å². The molecule has 1 atom stereocenters. The topological polar surface area (TPSA) is 64.3 Å². The molecule has 0 N–H and O–H groups in total. The van der Waals surface area contributed by atoms with Crippen molar-refractivity contribution >= 4 is 16.8 Å². The number of nitrogens with zero attached hydrogens (tertiary/aromatic N) is 3. The molecule has 0 spiro atoms. The monoisotopic (exact) mass is 343 g/mol. The molecule has 25 heavy (non-hydrogen) atoms. The number of aromatic nitrogens is 2. The van der Waals surface area contributed by atoms with Crippen LogP contribution in [0, 0.1) is 0 Å². The van der Waals surface area contributed by atoms with E-state index in [1.54, 1.807) is 24.3 Å². The zero-order valence-corrected chi connectivity index (χ0v) is 14.9. The molecule has 1 aromatic heterocycles. The van der Waals surface area contributed by atoms with E-state index < -0.39 is 5.69 Å². The van der Waals surface area contributed by atoms with Crippen LogP contribution >= 0.6 is 0 Å². The van der Waals surface area contributed by atoms with E-state index in [1.807, 2.05) is 18.7 Å². The third-order valence-corrected chi connectivity index (χ3v) is 5.11. The van der Waals surface area contributed by atoms with Gasteiger partial charge in [0.2, 0.25) is 5.91 Å². The van der Waals surface area contributed by atoms with E-state index in [0.29, 0.717) is 17.3 Å². The number of amides is 1. The number of rotatable bonds is 4. The van der Waals surface area contributed by atoms with E-state index in [9.17, 15) is 14.4 Å². The number of benzene rings is 1. The quantitative estimate of drug-likeness (QED) is 0.854. The summed E-state index contributed by atoms with van der Waals surface area (Å²) >= 11 is 0. The zero-order valence-electron chi connectivity index (χ0n) is 14.9. The van der Waals surface area contributed by atoms with E-state index in [2.05, 4.69) is 0 Å². The molecule has 0 aliphatic carbocycles. The maximum atomic E-state index is 13.0. The lowest BCUT2D eigenvalue weighted by molar-refractivity contribution is -0.132. The van der Waals surface area contributed by atoms with Crippen LogP contribution in [0.5, 0.6) is 0 Å². The predicted octanol–water partition coefficient (Wildman–Crippen LogP) is 2.15. The third kappa shape index (κ3) is 3.25. The van der Waals surface area contributed by atoms with Gasteiger partial charge >= 0.3 is 5.69 Å². The highest BCUT2D eigenvalue weighted by Crippen LogP contribution is 2.13. The molecule has 1 unspecified atom stereocenters. The maximum Gasteiger partial charge on any atom is 0.332 e. The van der Waals surface area contributed by atoms with Gasteiger partial charge in [-0.1, -0.05) is 19.1 Å². The van der Waals surface area contributed by atoms with Crippen LogP contribution in [0.4, 0.5) is 0 Å². The molecule has 1 amide bonds. The van der Waals surface area contributed by atoms with Crippen molar-refractivity contribution in [3.8, 4) is 0 Å². The van der Waals surface area contributed by atoms with Gasteiger partial charge in [-0.2, -0.15) is 0 Å². The second kappa shape index (κ2) is 7.25. The number of carbonyl (C=O) groups excluding carboxylic acids is 1. The Morgan fingerprint density at radius 3 is 2.48 bits per heavy atom. The van der Waals surface area contributed by atoms with Crippen molar-refractivity contribution in [2.45, 2.75) is 52.1 Å². The smallest absolute Gasteiger partial charge is 0.332 e. The molecule has 2 aromatic rings. The molecule has 6 nitrogen and oxygen atoms in total. The van der Waals surface area contributed by atoms with Crippen LogP contribution in [0.3, 0.4) is 0 Å². The summed E-state index contributed by atoms with van der Waals surface area (Å²) in [7, 11) is 0. The van der Waals surface area contributed by atoms with Crippen LogP contribution in [0.25, 0.3) is 10.9 Å². The Kier molecular flexibility index (Phi) is 5.06. The van der Waals surface area contributed by atoms with Crippen molar-refractivity contribution in [2.75, 3.05) is 13.1 Å². The summed E-state index contributed by atoms with van der Waals surface area (Å²) in [6.45, 7) is 5.27. The van der Waals surface area contributed by atoms with E-state index >= 15 is 0 Å². The second-order valence-corrected chi connectivity index (χ2v) is 6.76. The lowest BCUT2D eigenvalue weighted by Crippen LogP contribution is -2.45. The first kappa shape index (κ1) is 17.5. The van der Waals surface area contributed by atoms with Crippen LogP contribution in [-0.2, 0) is 11.3 Å². The number of hydrogen-bond acceptors (Lipinski definition) is 3. The number of likely N-dealkylation sites (tertiary alicyclic amines) is 1. The first-order chi connectivity index (χ1) is 12.0. The number of hydrogen-bond donors (Lipinski definition) is 0. The standard InChI is InChI=1S/C19H25N3O3/c1-3-14(2)22-18(24)15-9-5-6-10-16(15)21(19(22)25)13-17(23)20-11-7-4-8-12-20/h5-6,9-10,14H,3-4,7-8,11-13H2,1-2H3. The van der Waals surface area contributed by atoms with Crippen molar-refractivity contribution in [1.29, 1.82) is 0 Å². The van der Waals surface area contributed by atoms with Gasteiger partial charge in [-0.25, -0.2) is 4.79 Å². The Hall–Kier alpha value is -2.37. The van der Waals surface area contributed by atoms with Gasteiger partial charge in [0.25, 0.3) is 5.56 Å². The molecule has 1 aromatic carbocycles. The minimum atomic E-state index is -0.400. The highest BCUT2D eigenvalue weighted by Gasteiger charge is 2.21. The van der Waals surface area contributed by atoms with Gasteiger partial charge in [-0.15, -0.1) is 0 Å². The Labute approximate surface area is 146 Å². The number of carbonyl (C=O) groups is 1. The number of fused-ring (bicyclic) bond motifs is 1. The SMILES string of the molecule is CCC(C)n1c(=O)c2ccccc2n(CC(=O)N2CCCCC2)c1=O. The van der Waals surface area contributed by atoms with E-state index in [-0.39, 0.29) is 24.1 Å². The lowest BCUT2D eigenvalue weighted by Gasteiger charge is -2.27. The molecule has 1 saturated heterocycles. The largest absolute Gasteiger partial charge is 0.341 e. The molecular weight excluding hydrogens is 318 g/mol. The fourth-order valence-corrected chi connectivity index (χ4v) is 3.44. The molecule has 1 aliphatic heterocycles. The molecule has 134 valence electrons. The minimum Gasteiger partial charge on any atom is -0.341 e. The van der Waals surface area contributed by atoms with Gasteiger partial charge in [-0.05, 0) is 44.7 Å². The minimum absolute atomic E-state index is 0.0178. The second-order valence-electron chi connectivity index (χ2n) is 6.76. The Balaban J connectivity index is 2.11. The van der Waals surface area contributed by atoms with Gasteiger partial charge in [0.15, 0.2) is 0 Å². The molecule has 3 rings (SSSR count). The molecular formula is C19H25N3O3. The average molecular weight is 343 g/mol. The van der Waals surface area contributed by atoms with Crippen molar-refractivity contribution in [1.82, 2.24) is 14.0 Å². The number of piperidine rings is 1. The molecule has 6 heteroatoms. The van der Waals surface area contributed by atoms with Crippen LogP contribution in [0.2, 0.25) is 0 Å².